The normalized spacial score (nSPS) is 23.5. The van der Waals surface area contributed by atoms with Crippen molar-refractivity contribution in [2.75, 3.05) is 16.8 Å². The molecule has 1 saturated heterocycles. The molecule has 3 aromatic rings. The lowest BCUT2D eigenvalue weighted by Gasteiger charge is -2.47. The van der Waals surface area contributed by atoms with Gasteiger partial charge in [-0.25, -0.2) is 0 Å². The van der Waals surface area contributed by atoms with Gasteiger partial charge in [-0.2, -0.15) is 0 Å². The Morgan fingerprint density at radius 2 is 1.80 bits per heavy atom. The summed E-state index contributed by atoms with van der Waals surface area (Å²) >= 11 is 0. The van der Waals surface area contributed by atoms with Crippen molar-refractivity contribution in [2.24, 2.45) is 0 Å². The lowest BCUT2D eigenvalue weighted by atomic mass is 9.99. The van der Waals surface area contributed by atoms with Crippen LogP contribution in [-0.4, -0.2) is 17.8 Å². The highest BCUT2D eigenvalue weighted by Gasteiger charge is 2.51. The van der Waals surface area contributed by atoms with Crippen LogP contribution < -0.4 is 10.2 Å². The van der Waals surface area contributed by atoms with Gasteiger partial charge in [-0.15, -0.1) is 0 Å². The highest BCUT2D eigenvalue weighted by molar-refractivity contribution is 5.64. The van der Waals surface area contributed by atoms with Gasteiger partial charge in [0.25, 0.3) is 0 Å². The van der Waals surface area contributed by atoms with Crippen LogP contribution in [0.15, 0.2) is 79.1 Å². The molecule has 2 aliphatic heterocycles. The Morgan fingerprint density at radius 1 is 0.960 bits per heavy atom. The van der Waals surface area contributed by atoms with Crippen LogP contribution in [0.3, 0.4) is 0 Å². The van der Waals surface area contributed by atoms with E-state index in [1.807, 2.05) is 18.3 Å². The summed E-state index contributed by atoms with van der Waals surface area (Å²) in [6.07, 6.45) is 3.73. The summed E-state index contributed by atoms with van der Waals surface area (Å²) in [5, 5.41) is 3.55. The predicted octanol–water partition coefficient (Wildman–Crippen LogP) is 4.15. The second-order valence-corrected chi connectivity index (χ2v) is 6.48. The highest BCUT2D eigenvalue weighted by Crippen LogP contribution is 2.53. The maximum atomic E-state index is 6.28. The largest absolute Gasteiger partial charge is 0.384 e. The molecule has 2 aromatic carbocycles. The Morgan fingerprint density at radius 3 is 2.64 bits per heavy atom. The minimum Gasteiger partial charge on any atom is -0.384 e. The number of hydrogen-bond donors (Lipinski definition) is 1. The molecule has 3 atom stereocenters. The van der Waals surface area contributed by atoms with Gasteiger partial charge in [-0.3, -0.25) is 4.98 Å². The first-order chi connectivity index (χ1) is 12.4. The highest BCUT2D eigenvalue weighted by atomic mass is 16.6. The van der Waals surface area contributed by atoms with Crippen LogP contribution in [0, 0.1) is 0 Å². The Labute approximate surface area is 147 Å². The first-order valence-electron chi connectivity index (χ1n) is 8.63. The smallest absolute Gasteiger partial charge is 0.162 e. The van der Waals surface area contributed by atoms with E-state index in [2.05, 4.69) is 69.8 Å². The van der Waals surface area contributed by atoms with Gasteiger partial charge in [-0.1, -0.05) is 42.5 Å². The van der Waals surface area contributed by atoms with E-state index in [0.29, 0.717) is 5.92 Å². The molecule has 1 aromatic heterocycles. The molecule has 3 heterocycles. The average molecular weight is 329 g/mol. The molecule has 0 saturated carbocycles. The molecular formula is C21H19N3O. The number of hydrogen-bond acceptors (Lipinski definition) is 4. The number of nitrogens with zero attached hydrogens (tertiary/aromatic N) is 2. The minimum absolute atomic E-state index is 0.0402. The lowest BCUT2D eigenvalue weighted by Crippen LogP contribution is -2.53. The van der Waals surface area contributed by atoms with Gasteiger partial charge < -0.3 is 15.0 Å². The standard InChI is InChI=1S/C21H19N3O/c1-2-8-16(9-3-1)23-14-18-17-10-4-5-11-19(17)24-20(25-21(18)24)15-7-6-12-22-13-15/h1-13,18,20-21,23H,14H2. The summed E-state index contributed by atoms with van der Waals surface area (Å²) < 4.78 is 6.28. The predicted molar refractivity (Wildman–Crippen MR) is 98.4 cm³/mol. The van der Waals surface area contributed by atoms with E-state index in [-0.39, 0.29) is 12.5 Å². The molecule has 0 amide bonds. The van der Waals surface area contributed by atoms with Crippen LogP contribution in [0.2, 0.25) is 0 Å². The number of fused-ring (bicyclic) bond motifs is 3. The summed E-state index contributed by atoms with van der Waals surface area (Å²) in [7, 11) is 0. The molecule has 124 valence electrons. The third kappa shape index (κ3) is 2.37. The van der Waals surface area contributed by atoms with Crippen LogP contribution in [-0.2, 0) is 4.74 Å². The van der Waals surface area contributed by atoms with Gasteiger partial charge >= 0.3 is 0 Å². The van der Waals surface area contributed by atoms with Crippen LogP contribution in [0.4, 0.5) is 11.4 Å². The number of nitrogens with one attached hydrogen (secondary N) is 1. The summed E-state index contributed by atoms with van der Waals surface area (Å²) in [6, 6.07) is 23.0. The SMILES string of the molecule is c1ccc(NCC2c3ccccc3N3C(c4cccnc4)OC23)cc1. The van der Waals surface area contributed by atoms with Crippen molar-refractivity contribution < 1.29 is 4.74 Å². The number of para-hydroxylation sites is 2. The van der Waals surface area contributed by atoms with Crippen molar-refractivity contribution in [2.45, 2.75) is 18.4 Å². The molecule has 1 N–H and O–H groups in total. The first kappa shape index (κ1) is 14.5. The molecular weight excluding hydrogens is 310 g/mol. The zero-order chi connectivity index (χ0) is 16.6. The van der Waals surface area contributed by atoms with Gasteiger partial charge in [0.05, 0.1) is 0 Å². The Hall–Kier alpha value is -2.85. The van der Waals surface area contributed by atoms with E-state index in [4.69, 9.17) is 4.74 Å². The van der Waals surface area contributed by atoms with Crippen molar-refractivity contribution in [3.63, 3.8) is 0 Å². The third-order valence-corrected chi connectivity index (χ3v) is 5.02. The van der Waals surface area contributed by atoms with E-state index >= 15 is 0 Å². The minimum atomic E-state index is -0.0402. The second-order valence-electron chi connectivity index (χ2n) is 6.48. The molecule has 0 radical (unpaired) electrons. The van der Waals surface area contributed by atoms with Gasteiger partial charge in [0.2, 0.25) is 0 Å². The molecule has 25 heavy (non-hydrogen) atoms. The number of ether oxygens (including phenoxy) is 1. The second kappa shape index (κ2) is 5.90. The maximum Gasteiger partial charge on any atom is 0.162 e. The summed E-state index contributed by atoms with van der Waals surface area (Å²) in [6.45, 7) is 0.849. The fourth-order valence-corrected chi connectivity index (χ4v) is 3.83. The van der Waals surface area contributed by atoms with Crippen molar-refractivity contribution >= 4 is 11.4 Å². The Bertz CT molecular complexity index is 869. The van der Waals surface area contributed by atoms with Crippen LogP contribution >= 0.6 is 0 Å². The fraction of sp³-hybridized carbons (Fsp3) is 0.190. The third-order valence-electron chi connectivity index (χ3n) is 5.02. The fourth-order valence-electron chi connectivity index (χ4n) is 3.83. The summed E-state index contributed by atoms with van der Waals surface area (Å²) in [4.78, 5) is 6.61. The molecule has 0 aliphatic carbocycles. The van der Waals surface area contributed by atoms with Crippen molar-refractivity contribution in [3.05, 3.63) is 90.3 Å². The molecule has 4 heteroatoms. The number of anilines is 2. The van der Waals surface area contributed by atoms with Crippen LogP contribution in [0.1, 0.15) is 23.3 Å². The number of pyridine rings is 1. The van der Waals surface area contributed by atoms with Crippen LogP contribution in [0.5, 0.6) is 0 Å². The van der Waals surface area contributed by atoms with Gasteiger partial charge in [0, 0.05) is 41.8 Å². The van der Waals surface area contributed by atoms with Gasteiger partial charge in [0.15, 0.2) is 6.23 Å². The Kier molecular flexibility index (Phi) is 3.42. The topological polar surface area (TPSA) is 37.4 Å². The van der Waals surface area contributed by atoms with E-state index in [1.54, 1.807) is 6.20 Å². The van der Waals surface area contributed by atoms with Gasteiger partial charge in [0.1, 0.15) is 6.23 Å². The van der Waals surface area contributed by atoms with E-state index in [0.717, 1.165) is 17.8 Å². The number of aromatic nitrogens is 1. The lowest BCUT2D eigenvalue weighted by molar-refractivity contribution is -0.124. The summed E-state index contributed by atoms with van der Waals surface area (Å²) in [5.41, 5.74) is 4.86. The van der Waals surface area contributed by atoms with Crippen molar-refractivity contribution in [3.8, 4) is 0 Å². The molecule has 3 unspecified atom stereocenters. The zero-order valence-electron chi connectivity index (χ0n) is 13.7. The average Bonchev–Trinajstić information content (AvgIpc) is 2.89. The van der Waals surface area contributed by atoms with E-state index in [9.17, 15) is 0 Å². The summed E-state index contributed by atoms with van der Waals surface area (Å²) in [5.74, 6) is 0.310. The van der Waals surface area contributed by atoms with Crippen LogP contribution in [0.25, 0.3) is 0 Å². The van der Waals surface area contributed by atoms with E-state index < -0.39 is 0 Å². The quantitative estimate of drug-likeness (QED) is 0.780. The monoisotopic (exact) mass is 329 g/mol. The first-order valence-corrected chi connectivity index (χ1v) is 8.63. The molecule has 5 rings (SSSR count). The van der Waals surface area contributed by atoms with Gasteiger partial charge in [-0.05, 0) is 29.8 Å². The van der Waals surface area contributed by atoms with Crippen molar-refractivity contribution in [1.82, 2.24) is 4.98 Å². The maximum absolute atomic E-state index is 6.28. The van der Waals surface area contributed by atoms with E-state index in [1.165, 1.54) is 11.3 Å². The molecule has 0 bridgehead atoms. The molecule has 0 spiro atoms. The van der Waals surface area contributed by atoms with Crippen molar-refractivity contribution in [1.29, 1.82) is 0 Å². The molecule has 2 aliphatic rings. The zero-order valence-corrected chi connectivity index (χ0v) is 13.7. The Balaban J connectivity index is 1.41. The molecule has 1 fully saturated rings. The number of benzene rings is 2. The number of rotatable bonds is 4. The molecule has 4 nitrogen and oxygen atoms in total.